The quantitative estimate of drug-likeness (QED) is 0.565. The molecular formula is C9H20S. The monoisotopic (exact) mass is 160 g/mol. The first-order valence-electron chi connectivity index (χ1n) is 4.46. The van der Waals surface area contributed by atoms with E-state index >= 15 is 0 Å². The molecule has 0 fully saturated rings. The van der Waals surface area contributed by atoms with Crippen LogP contribution < -0.4 is 0 Å². The molecule has 1 heteroatoms. The highest BCUT2D eigenvalue weighted by molar-refractivity contribution is 7.80. The predicted octanol–water partition coefficient (Wildman–Crippen LogP) is 3.52. The summed E-state index contributed by atoms with van der Waals surface area (Å²) in [5.74, 6) is 2.03. The molecule has 0 aliphatic carbocycles. The fourth-order valence-corrected chi connectivity index (χ4v) is 1.52. The molecule has 0 aromatic rings. The normalized spacial score (nSPS) is 13.5. The Kier molecular flexibility index (Phi) is 7.72. The molecule has 0 nitrogen and oxygen atoms in total. The van der Waals surface area contributed by atoms with E-state index in [1.54, 1.807) is 0 Å². The van der Waals surface area contributed by atoms with Gasteiger partial charge in [-0.25, -0.2) is 0 Å². The predicted molar refractivity (Wildman–Crippen MR) is 51.8 cm³/mol. The van der Waals surface area contributed by atoms with Crippen LogP contribution in [0.15, 0.2) is 0 Å². The summed E-state index contributed by atoms with van der Waals surface area (Å²) in [7, 11) is 0. The van der Waals surface area contributed by atoms with Crippen LogP contribution in [0.5, 0.6) is 0 Å². The Morgan fingerprint density at radius 2 is 1.90 bits per heavy atom. The minimum Gasteiger partial charge on any atom is -0.179 e. The summed E-state index contributed by atoms with van der Waals surface area (Å²) in [4.78, 5) is 0. The van der Waals surface area contributed by atoms with Gasteiger partial charge in [-0.15, -0.1) is 0 Å². The largest absolute Gasteiger partial charge is 0.179 e. The fourth-order valence-electron chi connectivity index (χ4n) is 1.34. The van der Waals surface area contributed by atoms with Gasteiger partial charge in [0.1, 0.15) is 0 Å². The summed E-state index contributed by atoms with van der Waals surface area (Å²) in [6, 6.07) is 0. The molecule has 0 radical (unpaired) electrons. The first kappa shape index (κ1) is 10.3. The lowest BCUT2D eigenvalue weighted by Gasteiger charge is -2.11. The van der Waals surface area contributed by atoms with Crippen molar-refractivity contribution in [3.63, 3.8) is 0 Å². The van der Waals surface area contributed by atoms with Crippen molar-refractivity contribution in [2.24, 2.45) is 5.92 Å². The van der Waals surface area contributed by atoms with Crippen molar-refractivity contribution in [1.82, 2.24) is 0 Å². The molecular weight excluding hydrogens is 140 g/mol. The van der Waals surface area contributed by atoms with Crippen LogP contribution in [0, 0.1) is 5.92 Å². The second-order valence-electron chi connectivity index (χ2n) is 2.93. The smallest absolute Gasteiger partial charge is 0.00978 e. The molecule has 1 unspecified atom stereocenters. The minimum atomic E-state index is 0.970. The molecule has 0 saturated heterocycles. The number of hydrogen-bond donors (Lipinski definition) is 1. The molecule has 0 aromatic carbocycles. The van der Waals surface area contributed by atoms with E-state index in [0.717, 1.165) is 11.7 Å². The van der Waals surface area contributed by atoms with Gasteiger partial charge < -0.3 is 0 Å². The average Bonchev–Trinajstić information content (AvgIpc) is 1.98. The molecule has 0 aliphatic heterocycles. The third kappa shape index (κ3) is 5.16. The highest BCUT2D eigenvalue weighted by atomic mass is 32.1. The van der Waals surface area contributed by atoms with Gasteiger partial charge in [0.15, 0.2) is 0 Å². The maximum atomic E-state index is 4.20. The van der Waals surface area contributed by atoms with Crippen LogP contribution in [-0.2, 0) is 0 Å². The fraction of sp³-hybridized carbons (Fsp3) is 1.00. The summed E-state index contributed by atoms with van der Waals surface area (Å²) in [5.41, 5.74) is 0. The van der Waals surface area contributed by atoms with E-state index in [0.29, 0.717) is 0 Å². The molecule has 0 spiro atoms. The zero-order chi connectivity index (χ0) is 7.82. The standard InChI is InChI=1S/C9H20S/c1-3-6-9(4-2)7-5-8-10/h9-10H,3-8H2,1-2H3. The van der Waals surface area contributed by atoms with Gasteiger partial charge in [0, 0.05) is 0 Å². The van der Waals surface area contributed by atoms with Crippen LogP contribution in [0.1, 0.15) is 46.0 Å². The molecule has 0 N–H and O–H groups in total. The van der Waals surface area contributed by atoms with Crippen molar-refractivity contribution in [1.29, 1.82) is 0 Å². The van der Waals surface area contributed by atoms with Crippen LogP contribution in [0.2, 0.25) is 0 Å². The topological polar surface area (TPSA) is 0 Å². The van der Waals surface area contributed by atoms with E-state index < -0.39 is 0 Å². The molecule has 10 heavy (non-hydrogen) atoms. The molecule has 0 aliphatic rings. The second-order valence-corrected chi connectivity index (χ2v) is 3.38. The van der Waals surface area contributed by atoms with E-state index in [1.165, 1.54) is 32.1 Å². The van der Waals surface area contributed by atoms with Gasteiger partial charge in [0.2, 0.25) is 0 Å². The maximum absolute atomic E-state index is 4.20. The summed E-state index contributed by atoms with van der Waals surface area (Å²) in [6.45, 7) is 4.56. The van der Waals surface area contributed by atoms with Gasteiger partial charge in [-0.2, -0.15) is 12.6 Å². The van der Waals surface area contributed by atoms with Gasteiger partial charge in [-0.05, 0) is 24.5 Å². The van der Waals surface area contributed by atoms with E-state index in [-0.39, 0.29) is 0 Å². The summed E-state index contributed by atoms with van der Waals surface area (Å²) in [5, 5.41) is 0. The van der Waals surface area contributed by atoms with Crippen LogP contribution in [0.25, 0.3) is 0 Å². The van der Waals surface area contributed by atoms with Gasteiger partial charge >= 0.3 is 0 Å². The molecule has 0 bridgehead atoms. The summed E-state index contributed by atoms with van der Waals surface area (Å²) in [6.07, 6.45) is 6.77. The second kappa shape index (κ2) is 7.46. The third-order valence-corrected chi connectivity index (χ3v) is 2.36. The van der Waals surface area contributed by atoms with Crippen molar-refractivity contribution >= 4 is 12.6 Å². The van der Waals surface area contributed by atoms with Crippen molar-refractivity contribution < 1.29 is 0 Å². The van der Waals surface area contributed by atoms with Crippen LogP contribution in [-0.4, -0.2) is 5.75 Å². The number of thiol groups is 1. The molecule has 0 rings (SSSR count). The summed E-state index contributed by atoms with van der Waals surface area (Å²) < 4.78 is 0. The van der Waals surface area contributed by atoms with E-state index in [1.807, 2.05) is 0 Å². The highest BCUT2D eigenvalue weighted by Gasteiger charge is 2.02. The molecule has 0 heterocycles. The molecule has 0 aromatic heterocycles. The van der Waals surface area contributed by atoms with Crippen molar-refractivity contribution in [3.8, 4) is 0 Å². The lowest BCUT2D eigenvalue weighted by molar-refractivity contribution is 0.429. The third-order valence-electron chi connectivity index (χ3n) is 2.04. The molecule has 1 atom stereocenters. The van der Waals surface area contributed by atoms with Crippen LogP contribution >= 0.6 is 12.6 Å². The van der Waals surface area contributed by atoms with Crippen molar-refractivity contribution in [2.45, 2.75) is 46.0 Å². The Morgan fingerprint density at radius 3 is 2.30 bits per heavy atom. The zero-order valence-electron chi connectivity index (χ0n) is 7.27. The van der Waals surface area contributed by atoms with Crippen molar-refractivity contribution in [3.05, 3.63) is 0 Å². The Hall–Kier alpha value is 0.350. The Bertz CT molecular complexity index is 61.7. The summed E-state index contributed by atoms with van der Waals surface area (Å²) >= 11 is 4.20. The minimum absolute atomic E-state index is 0.970. The van der Waals surface area contributed by atoms with E-state index in [9.17, 15) is 0 Å². The molecule has 62 valence electrons. The lowest BCUT2D eigenvalue weighted by atomic mass is 9.96. The van der Waals surface area contributed by atoms with E-state index in [2.05, 4.69) is 26.5 Å². The Balaban J connectivity index is 3.21. The van der Waals surface area contributed by atoms with E-state index in [4.69, 9.17) is 0 Å². The SMILES string of the molecule is CCCC(CC)CCCS. The van der Waals surface area contributed by atoms with Gasteiger partial charge in [0.05, 0.1) is 0 Å². The van der Waals surface area contributed by atoms with Gasteiger partial charge in [0.25, 0.3) is 0 Å². The average molecular weight is 160 g/mol. The highest BCUT2D eigenvalue weighted by Crippen LogP contribution is 2.16. The number of hydrogen-bond acceptors (Lipinski definition) is 1. The molecule has 0 amide bonds. The Labute approximate surface area is 70.8 Å². The Morgan fingerprint density at radius 1 is 1.20 bits per heavy atom. The van der Waals surface area contributed by atoms with Crippen LogP contribution in [0.4, 0.5) is 0 Å². The maximum Gasteiger partial charge on any atom is -0.00978 e. The van der Waals surface area contributed by atoms with Crippen LogP contribution in [0.3, 0.4) is 0 Å². The molecule has 0 saturated carbocycles. The van der Waals surface area contributed by atoms with Gasteiger partial charge in [-0.3, -0.25) is 0 Å². The zero-order valence-corrected chi connectivity index (χ0v) is 8.16. The lowest BCUT2D eigenvalue weighted by Crippen LogP contribution is -1.98. The van der Waals surface area contributed by atoms with Gasteiger partial charge in [-0.1, -0.05) is 33.1 Å². The first-order valence-corrected chi connectivity index (χ1v) is 5.09. The first-order chi connectivity index (χ1) is 4.85. The van der Waals surface area contributed by atoms with Crippen molar-refractivity contribution in [2.75, 3.05) is 5.75 Å². The number of rotatable bonds is 6.